The van der Waals surface area contributed by atoms with Gasteiger partial charge in [-0.15, -0.1) is 11.3 Å². The number of benzene rings is 7. The summed E-state index contributed by atoms with van der Waals surface area (Å²) in [5, 5.41) is 10.1. The van der Waals surface area contributed by atoms with Gasteiger partial charge in [0.05, 0.1) is 22.4 Å². The van der Waals surface area contributed by atoms with E-state index >= 15 is 0 Å². The van der Waals surface area contributed by atoms with Crippen molar-refractivity contribution in [2.45, 2.75) is 0 Å². The Morgan fingerprint density at radius 1 is 0.435 bits per heavy atom. The molecule has 0 aliphatic carbocycles. The molecule has 0 radical (unpaired) electrons. The average Bonchev–Trinajstić information content (AvgIpc) is 3.66. The van der Waals surface area contributed by atoms with E-state index in [0.29, 0.717) is 5.95 Å². The number of hydrogen-bond acceptors (Lipinski definition) is 3. The standard InChI is InChI=1S/C42H25N3S/c1-3-12-27(13-4-1)34-25-35(28-14-5-2-6-15-28)44-42(43-34)45-36-21-19-26-11-9-10-18-31(26)39(36)40-37(45)22-20-32-33-23-29-16-7-8-17-30(29)24-38(33)46-41(32)40/h1-25H. The molecule has 0 atom stereocenters. The lowest BCUT2D eigenvalue weighted by molar-refractivity contribution is 0.996. The van der Waals surface area contributed by atoms with Gasteiger partial charge in [-0.2, -0.15) is 0 Å². The highest BCUT2D eigenvalue weighted by Crippen LogP contribution is 2.46. The Bertz CT molecular complexity index is 2740. The fraction of sp³-hybridized carbons (Fsp3) is 0. The molecule has 0 amide bonds. The van der Waals surface area contributed by atoms with E-state index in [4.69, 9.17) is 9.97 Å². The molecule has 10 aromatic rings. The van der Waals surface area contributed by atoms with Gasteiger partial charge in [-0.25, -0.2) is 9.97 Å². The largest absolute Gasteiger partial charge is 0.278 e. The van der Waals surface area contributed by atoms with Crippen LogP contribution < -0.4 is 0 Å². The molecule has 3 nitrogen and oxygen atoms in total. The molecule has 214 valence electrons. The summed E-state index contributed by atoms with van der Waals surface area (Å²) in [4.78, 5) is 10.5. The zero-order valence-electron chi connectivity index (χ0n) is 24.7. The number of hydrogen-bond donors (Lipinski definition) is 0. The molecule has 4 heteroatoms. The van der Waals surface area contributed by atoms with Crippen molar-refractivity contribution >= 4 is 74.9 Å². The molecule has 0 spiro atoms. The maximum Gasteiger partial charge on any atom is 0.235 e. The van der Waals surface area contributed by atoms with Crippen LogP contribution in [0.4, 0.5) is 0 Å². The third-order valence-corrected chi connectivity index (χ3v) is 10.4. The van der Waals surface area contributed by atoms with Gasteiger partial charge in [0.25, 0.3) is 0 Å². The van der Waals surface area contributed by atoms with Crippen LogP contribution in [0.1, 0.15) is 0 Å². The van der Waals surface area contributed by atoms with Crippen LogP contribution in [0.3, 0.4) is 0 Å². The Morgan fingerprint density at radius 2 is 1.02 bits per heavy atom. The summed E-state index contributed by atoms with van der Waals surface area (Å²) in [6, 6.07) is 54.0. The average molecular weight is 604 g/mol. The van der Waals surface area contributed by atoms with Crippen molar-refractivity contribution in [3.8, 4) is 28.5 Å². The van der Waals surface area contributed by atoms with Crippen LogP contribution in [0.15, 0.2) is 152 Å². The van der Waals surface area contributed by atoms with E-state index in [-0.39, 0.29) is 0 Å². The first-order valence-corrected chi connectivity index (χ1v) is 16.3. The minimum atomic E-state index is 0.668. The van der Waals surface area contributed by atoms with Crippen molar-refractivity contribution in [2.24, 2.45) is 0 Å². The fourth-order valence-electron chi connectivity index (χ4n) is 7.05. The molecule has 0 N–H and O–H groups in total. The minimum Gasteiger partial charge on any atom is -0.278 e. The van der Waals surface area contributed by atoms with E-state index in [0.717, 1.165) is 33.5 Å². The first kappa shape index (κ1) is 25.5. The number of thiophene rings is 1. The maximum absolute atomic E-state index is 5.27. The lowest BCUT2D eigenvalue weighted by Crippen LogP contribution is -2.04. The maximum atomic E-state index is 5.27. The predicted octanol–water partition coefficient (Wildman–Crippen LogP) is 11.6. The van der Waals surface area contributed by atoms with Crippen LogP contribution in [0.2, 0.25) is 0 Å². The second-order valence-electron chi connectivity index (χ2n) is 11.8. The van der Waals surface area contributed by atoms with Gasteiger partial charge < -0.3 is 0 Å². The zero-order valence-corrected chi connectivity index (χ0v) is 25.5. The van der Waals surface area contributed by atoms with Gasteiger partial charge in [0, 0.05) is 42.1 Å². The Kier molecular flexibility index (Phi) is 5.45. The van der Waals surface area contributed by atoms with Crippen LogP contribution >= 0.6 is 11.3 Å². The van der Waals surface area contributed by atoms with E-state index in [1.54, 1.807) is 0 Å². The molecule has 7 aromatic carbocycles. The second kappa shape index (κ2) is 9.83. The van der Waals surface area contributed by atoms with E-state index in [9.17, 15) is 0 Å². The molecule has 0 unspecified atom stereocenters. The van der Waals surface area contributed by atoms with Crippen molar-refractivity contribution in [2.75, 3.05) is 0 Å². The van der Waals surface area contributed by atoms with Crippen LogP contribution in [0.25, 0.3) is 92.0 Å². The van der Waals surface area contributed by atoms with E-state index < -0.39 is 0 Å². The Balaban J connectivity index is 1.36. The minimum absolute atomic E-state index is 0.668. The molecule has 0 bridgehead atoms. The summed E-state index contributed by atoms with van der Waals surface area (Å²) < 4.78 is 4.87. The molecule has 0 saturated carbocycles. The van der Waals surface area contributed by atoms with Gasteiger partial charge in [-0.1, -0.05) is 121 Å². The van der Waals surface area contributed by atoms with Crippen molar-refractivity contribution in [1.29, 1.82) is 0 Å². The first-order chi connectivity index (χ1) is 22.8. The predicted molar refractivity (Wildman–Crippen MR) is 195 cm³/mol. The van der Waals surface area contributed by atoms with Crippen LogP contribution in [-0.2, 0) is 0 Å². The zero-order chi connectivity index (χ0) is 30.2. The van der Waals surface area contributed by atoms with Gasteiger partial charge in [0.1, 0.15) is 0 Å². The van der Waals surface area contributed by atoms with Crippen LogP contribution in [0, 0.1) is 0 Å². The smallest absolute Gasteiger partial charge is 0.235 e. The lowest BCUT2D eigenvalue weighted by Gasteiger charge is -2.12. The van der Waals surface area contributed by atoms with E-state index in [2.05, 4.69) is 144 Å². The Labute approximate surface area is 268 Å². The highest BCUT2D eigenvalue weighted by Gasteiger charge is 2.22. The monoisotopic (exact) mass is 603 g/mol. The quantitative estimate of drug-likeness (QED) is 0.201. The molecule has 0 fully saturated rings. The lowest BCUT2D eigenvalue weighted by atomic mass is 10.0. The molecule has 46 heavy (non-hydrogen) atoms. The van der Waals surface area contributed by atoms with Gasteiger partial charge in [0.15, 0.2) is 0 Å². The van der Waals surface area contributed by atoms with Crippen LogP contribution in [0.5, 0.6) is 0 Å². The van der Waals surface area contributed by atoms with Gasteiger partial charge in [-0.3, -0.25) is 4.57 Å². The van der Waals surface area contributed by atoms with Crippen molar-refractivity contribution in [3.63, 3.8) is 0 Å². The highest BCUT2D eigenvalue weighted by molar-refractivity contribution is 7.27. The van der Waals surface area contributed by atoms with Crippen molar-refractivity contribution in [3.05, 3.63) is 152 Å². The first-order valence-electron chi connectivity index (χ1n) is 15.5. The van der Waals surface area contributed by atoms with Gasteiger partial charge in [0.2, 0.25) is 5.95 Å². The molecule has 3 heterocycles. The number of aromatic nitrogens is 3. The fourth-order valence-corrected chi connectivity index (χ4v) is 8.33. The normalized spacial score (nSPS) is 11.9. The third kappa shape index (κ3) is 3.77. The van der Waals surface area contributed by atoms with Crippen molar-refractivity contribution < 1.29 is 0 Å². The molecule has 0 saturated heterocycles. The highest BCUT2D eigenvalue weighted by atomic mass is 32.1. The molecule has 3 aromatic heterocycles. The number of rotatable bonds is 3. The summed E-state index contributed by atoms with van der Waals surface area (Å²) in [5.74, 6) is 0.668. The second-order valence-corrected chi connectivity index (χ2v) is 12.9. The molecule has 0 aliphatic rings. The van der Waals surface area contributed by atoms with E-state index in [1.807, 2.05) is 23.5 Å². The summed E-state index contributed by atoms with van der Waals surface area (Å²) in [7, 11) is 0. The molecular weight excluding hydrogens is 579 g/mol. The van der Waals surface area contributed by atoms with Crippen molar-refractivity contribution in [1.82, 2.24) is 14.5 Å². The Morgan fingerprint density at radius 3 is 1.74 bits per heavy atom. The SMILES string of the molecule is c1ccc(-c2cc(-c3ccccc3)nc(-n3c4ccc5ccccc5c4c4c5sc6cc7ccccc7cc6c5ccc43)n2)cc1. The summed E-state index contributed by atoms with van der Waals surface area (Å²) >= 11 is 1.88. The number of fused-ring (bicyclic) bond motifs is 10. The van der Waals surface area contributed by atoms with Crippen LogP contribution in [-0.4, -0.2) is 14.5 Å². The molecular formula is C42H25N3S. The van der Waals surface area contributed by atoms with Gasteiger partial charge in [-0.05, 0) is 51.9 Å². The summed E-state index contributed by atoms with van der Waals surface area (Å²) in [6.45, 7) is 0. The van der Waals surface area contributed by atoms with E-state index in [1.165, 1.54) is 52.5 Å². The summed E-state index contributed by atoms with van der Waals surface area (Å²) in [5.41, 5.74) is 6.14. The Hall–Kier alpha value is -5.84. The summed E-state index contributed by atoms with van der Waals surface area (Å²) in [6.07, 6.45) is 0. The third-order valence-electron chi connectivity index (χ3n) is 9.18. The number of nitrogens with zero attached hydrogens (tertiary/aromatic N) is 3. The molecule has 0 aliphatic heterocycles. The van der Waals surface area contributed by atoms with Gasteiger partial charge >= 0.3 is 0 Å². The topological polar surface area (TPSA) is 30.7 Å². The molecule has 10 rings (SSSR count).